The molecular formula is C21H15Cl2FN2O5. The number of ether oxygens (including phenoxy) is 2. The van der Waals surface area contributed by atoms with Crippen LogP contribution >= 0.6 is 23.2 Å². The number of aromatic nitrogens is 1. The van der Waals surface area contributed by atoms with Crippen LogP contribution in [-0.4, -0.2) is 35.2 Å². The van der Waals surface area contributed by atoms with Crippen LogP contribution in [0.4, 0.5) is 10.1 Å². The van der Waals surface area contributed by atoms with Crippen molar-refractivity contribution < 1.29 is 28.6 Å². The van der Waals surface area contributed by atoms with Crippen LogP contribution in [0.15, 0.2) is 54.7 Å². The molecule has 7 nitrogen and oxygen atoms in total. The summed E-state index contributed by atoms with van der Waals surface area (Å²) in [5, 5.41) is 11.8. The molecule has 0 saturated heterocycles. The van der Waals surface area contributed by atoms with Gasteiger partial charge in [0.05, 0.1) is 27.5 Å². The number of rotatable bonds is 8. The van der Waals surface area contributed by atoms with Crippen molar-refractivity contribution in [3.63, 3.8) is 0 Å². The van der Waals surface area contributed by atoms with Crippen molar-refractivity contribution in [2.75, 3.05) is 18.6 Å². The fourth-order valence-electron chi connectivity index (χ4n) is 2.47. The standard InChI is InChI=1S/C21H15Cl2FN2O5/c22-16-9-15(20(27)26-12-1-6-18(21(28)29)25-11-12)19(10-17(16)23)31-14-4-2-13(3-5-14)30-8-7-24/h1-6,9-11H,7-8H2,(H,26,27)(H,28,29). The molecule has 3 aromatic rings. The summed E-state index contributed by atoms with van der Waals surface area (Å²) in [5.74, 6) is -0.762. The maximum absolute atomic E-state index is 12.8. The van der Waals surface area contributed by atoms with Gasteiger partial charge >= 0.3 is 5.97 Å². The average molecular weight is 465 g/mol. The van der Waals surface area contributed by atoms with Gasteiger partial charge in [-0.2, -0.15) is 0 Å². The van der Waals surface area contributed by atoms with E-state index in [1.807, 2.05) is 0 Å². The summed E-state index contributed by atoms with van der Waals surface area (Å²) in [4.78, 5) is 27.4. The maximum Gasteiger partial charge on any atom is 0.354 e. The van der Waals surface area contributed by atoms with Crippen LogP contribution in [0.5, 0.6) is 17.2 Å². The molecule has 2 N–H and O–H groups in total. The molecule has 2 aromatic carbocycles. The topological polar surface area (TPSA) is 97.8 Å². The van der Waals surface area contributed by atoms with Crippen molar-refractivity contribution >= 4 is 40.8 Å². The first-order valence-electron chi connectivity index (χ1n) is 8.84. The number of carboxylic acids is 1. The van der Waals surface area contributed by atoms with Gasteiger partial charge in [0.15, 0.2) is 0 Å². The van der Waals surface area contributed by atoms with E-state index in [0.29, 0.717) is 11.5 Å². The first-order chi connectivity index (χ1) is 14.9. The summed E-state index contributed by atoms with van der Waals surface area (Å²) in [6.07, 6.45) is 1.22. The lowest BCUT2D eigenvalue weighted by Crippen LogP contribution is -2.14. The van der Waals surface area contributed by atoms with Crippen molar-refractivity contribution in [1.29, 1.82) is 0 Å². The number of halogens is 3. The number of carboxylic acid groups (broad SMARTS) is 1. The number of anilines is 1. The van der Waals surface area contributed by atoms with Gasteiger partial charge in [0, 0.05) is 6.07 Å². The third-order valence-electron chi connectivity index (χ3n) is 3.91. The van der Waals surface area contributed by atoms with Crippen LogP contribution in [-0.2, 0) is 0 Å². The molecule has 160 valence electrons. The van der Waals surface area contributed by atoms with Gasteiger partial charge in [0.25, 0.3) is 5.91 Å². The number of nitrogens with zero attached hydrogens (tertiary/aromatic N) is 1. The average Bonchev–Trinajstić information content (AvgIpc) is 2.76. The predicted molar refractivity (Wildman–Crippen MR) is 114 cm³/mol. The fraction of sp³-hybridized carbons (Fsp3) is 0.0952. The zero-order valence-corrected chi connectivity index (χ0v) is 17.3. The van der Waals surface area contributed by atoms with E-state index >= 15 is 0 Å². The highest BCUT2D eigenvalue weighted by Gasteiger charge is 2.17. The highest BCUT2D eigenvalue weighted by atomic mass is 35.5. The Balaban J connectivity index is 1.82. The van der Waals surface area contributed by atoms with Crippen LogP contribution in [0, 0.1) is 0 Å². The number of alkyl halides is 1. The van der Waals surface area contributed by atoms with E-state index in [-0.39, 0.29) is 39.3 Å². The SMILES string of the molecule is O=C(O)c1ccc(NC(=O)c2cc(Cl)c(Cl)cc2Oc2ccc(OCCF)cc2)cn1. The van der Waals surface area contributed by atoms with E-state index in [4.69, 9.17) is 37.8 Å². The molecule has 1 aromatic heterocycles. The second-order valence-corrected chi connectivity index (χ2v) is 6.88. The zero-order valence-electron chi connectivity index (χ0n) is 15.8. The van der Waals surface area contributed by atoms with Crippen LogP contribution in [0.3, 0.4) is 0 Å². The first-order valence-corrected chi connectivity index (χ1v) is 9.59. The number of hydrogen-bond donors (Lipinski definition) is 2. The molecule has 0 fully saturated rings. The van der Waals surface area contributed by atoms with Crippen LogP contribution in [0.1, 0.15) is 20.8 Å². The Hall–Kier alpha value is -3.36. The number of carbonyl (C=O) groups is 2. The zero-order chi connectivity index (χ0) is 22.4. The number of pyridine rings is 1. The fourth-order valence-corrected chi connectivity index (χ4v) is 2.79. The van der Waals surface area contributed by atoms with Gasteiger partial charge in [-0.25, -0.2) is 14.2 Å². The lowest BCUT2D eigenvalue weighted by Gasteiger charge is -2.13. The van der Waals surface area contributed by atoms with Gasteiger partial charge in [-0.15, -0.1) is 0 Å². The van der Waals surface area contributed by atoms with Gasteiger partial charge < -0.3 is 19.9 Å². The molecule has 31 heavy (non-hydrogen) atoms. The predicted octanol–water partition coefficient (Wildman–Crippen LogP) is 5.48. The second kappa shape index (κ2) is 10.1. The van der Waals surface area contributed by atoms with E-state index < -0.39 is 18.6 Å². The van der Waals surface area contributed by atoms with E-state index in [1.54, 1.807) is 24.3 Å². The third kappa shape index (κ3) is 5.84. The summed E-state index contributed by atoms with van der Waals surface area (Å²) >= 11 is 12.2. The summed E-state index contributed by atoms with van der Waals surface area (Å²) in [6, 6.07) is 11.8. The highest BCUT2D eigenvalue weighted by molar-refractivity contribution is 6.42. The Morgan fingerprint density at radius 2 is 1.71 bits per heavy atom. The number of amides is 1. The molecule has 0 radical (unpaired) electrons. The third-order valence-corrected chi connectivity index (χ3v) is 4.63. The molecule has 0 saturated carbocycles. The molecule has 0 aliphatic rings. The number of nitrogens with one attached hydrogen (secondary N) is 1. The van der Waals surface area contributed by atoms with Gasteiger partial charge in [-0.1, -0.05) is 23.2 Å². The minimum Gasteiger partial charge on any atom is -0.491 e. The molecule has 1 amide bonds. The Labute approximate surface area is 186 Å². The lowest BCUT2D eigenvalue weighted by atomic mass is 10.1. The first kappa shape index (κ1) is 22.3. The molecule has 10 heteroatoms. The van der Waals surface area contributed by atoms with Crippen molar-refractivity contribution in [2.45, 2.75) is 0 Å². The molecule has 0 unspecified atom stereocenters. The maximum atomic E-state index is 12.8. The molecule has 3 rings (SSSR count). The van der Waals surface area contributed by atoms with Crippen molar-refractivity contribution in [3.8, 4) is 17.2 Å². The summed E-state index contributed by atoms with van der Waals surface area (Å²) < 4.78 is 23.2. The van der Waals surface area contributed by atoms with Crippen molar-refractivity contribution in [3.05, 3.63) is 76.0 Å². The molecule has 0 aliphatic carbocycles. The van der Waals surface area contributed by atoms with Gasteiger partial charge in [-0.3, -0.25) is 4.79 Å². The second-order valence-electron chi connectivity index (χ2n) is 6.06. The molecule has 0 spiro atoms. The minimum atomic E-state index is -1.18. The minimum absolute atomic E-state index is 0.0559. The molecule has 0 bridgehead atoms. The van der Waals surface area contributed by atoms with Gasteiger partial charge in [-0.05, 0) is 42.5 Å². The van der Waals surface area contributed by atoms with Crippen LogP contribution in [0.2, 0.25) is 10.0 Å². The molecule has 1 heterocycles. The number of benzene rings is 2. The highest BCUT2D eigenvalue weighted by Crippen LogP contribution is 2.34. The normalized spacial score (nSPS) is 10.4. The summed E-state index contributed by atoms with van der Waals surface area (Å²) in [5.41, 5.74) is 0.214. The Bertz CT molecular complexity index is 1090. The smallest absolute Gasteiger partial charge is 0.354 e. The van der Waals surface area contributed by atoms with Crippen LogP contribution < -0.4 is 14.8 Å². The molecule has 0 aliphatic heterocycles. The van der Waals surface area contributed by atoms with Gasteiger partial charge in [0.1, 0.15) is 36.2 Å². The Kier molecular flexibility index (Phi) is 7.28. The van der Waals surface area contributed by atoms with Gasteiger partial charge in [0.2, 0.25) is 0 Å². The quantitative estimate of drug-likeness (QED) is 0.457. The Morgan fingerprint density at radius 3 is 2.32 bits per heavy atom. The largest absolute Gasteiger partial charge is 0.491 e. The Morgan fingerprint density at radius 1 is 1.03 bits per heavy atom. The monoisotopic (exact) mass is 464 g/mol. The van der Waals surface area contributed by atoms with E-state index in [9.17, 15) is 14.0 Å². The number of carbonyl (C=O) groups excluding carboxylic acids is 1. The van der Waals surface area contributed by atoms with E-state index in [2.05, 4.69) is 10.3 Å². The van der Waals surface area contributed by atoms with Crippen molar-refractivity contribution in [2.24, 2.45) is 0 Å². The molecular weight excluding hydrogens is 450 g/mol. The van der Waals surface area contributed by atoms with E-state index in [1.165, 1.54) is 30.5 Å². The summed E-state index contributed by atoms with van der Waals surface area (Å²) in [6.45, 7) is -0.659. The number of hydrogen-bond acceptors (Lipinski definition) is 5. The van der Waals surface area contributed by atoms with Crippen LogP contribution in [0.25, 0.3) is 0 Å². The van der Waals surface area contributed by atoms with Crippen molar-refractivity contribution in [1.82, 2.24) is 4.98 Å². The summed E-state index contributed by atoms with van der Waals surface area (Å²) in [7, 11) is 0. The van der Waals surface area contributed by atoms with E-state index in [0.717, 1.165) is 0 Å². The molecule has 0 atom stereocenters. The number of aromatic carboxylic acids is 1. The lowest BCUT2D eigenvalue weighted by molar-refractivity contribution is 0.0690.